The molecule has 1 aromatic carbocycles. The van der Waals surface area contributed by atoms with E-state index in [4.69, 9.17) is 5.73 Å². The van der Waals surface area contributed by atoms with Gasteiger partial charge in [0.05, 0.1) is 0 Å². The Morgan fingerprint density at radius 1 is 0.905 bits per heavy atom. The molecule has 1 aliphatic heterocycles. The van der Waals surface area contributed by atoms with Gasteiger partial charge in [0, 0.05) is 44.3 Å². The van der Waals surface area contributed by atoms with E-state index in [0.717, 1.165) is 38.5 Å². The fraction of sp³-hybridized carbons (Fsp3) is 0.375. The SMILES string of the molecule is NCCc1ccc(N2CCN(c3ncccn3)CC2)cc1. The lowest BCUT2D eigenvalue weighted by molar-refractivity contribution is 0.640. The molecule has 0 atom stereocenters. The molecule has 110 valence electrons. The van der Waals surface area contributed by atoms with Crippen LogP contribution in [0.15, 0.2) is 42.7 Å². The lowest BCUT2D eigenvalue weighted by Crippen LogP contribution is -2.47. The van der Waals surface area contributed by atoms with E-state index in [9.17, 15) is 0 Å². The van der Waals surface area contributed by atoms with Crippen molar-refractivity contribution in [2.45, 2.75) is 6.42 Å². The zero-order valence-electron chi connectivity index (χ0n) is 12.2. The third-order valence-electron chi connectivity index (χ3n) is 3.85. The minimum Gasteiger partial charge on any atom is -0.368 e. The Balaban J connectivity index is 1.60. The summed E-state index contributed by atoms with van der Waals surface area (Å²) in [5.41, 5.74) is 8.17. The Kier molecular flexibility index (Phi) is 4.31. The van der Waals surface area contributed by atoms with E-state index >= 15 is 0 Å². The number of nitrogens with two attached hydrogens (primary N) is 1. The first kappa shape index (κ1) is 13.8. The molecular weight excluding hydrogens is 262 g/mol. The Morgan fingerprint density at radius 2 is 1.52 bits per heavy atom. The number of hydrogen-bond acceptors (Lipinski definition) is 5. The van der Waals surface area contributed by atoms with Crippen molar-refractivity contribution in [2.75, 3.05) is 42.5 Å². The number of piperazine rings is 1. The van der Waals surface area contributed by atoms with Gasteiger partial charge in [0.15, 0.2) is 0 Å². The second-order valence-corrected chi connectivity index (χ2v) is 5.23. The Bertz CT molecular complexity index is 547. The first-order chi connectivity index (χ1) is 10.4. The van der Waals surface area contributed by atoms with Crippen molar-refractivity contribution < 1.29 is 0 Å². The van der Waals surface area contributed by atoms with Gasteiger partial charge in [-0.25, -0.2) is 9.97 Å². The van der Waals surface area contributed by atoms with Crippen molar-refractivity contribution >= 4 is 11.6 Å². The van der Waals surface area contributed by atoms with Crippen LogP contribution in [0.2, 0.25) is 0 Å². The van der Waals surface area contributed by atoms with Gasteiger partial charge in [-0.1, -0.05) is 12.1 Å². The second kappa shape index (κ2) is 6.54. The number of benzene rings is 1. The van der Waals surface area contributed by atoms with Crippen molar-refractivity contribution in [3.8, 4) is 0 Å². The summed E-state index contributed by atoms with van der Waals surface area (Å²) in [5, 5.41) is 0. The predicted molar refractivity (Wildman–Crippen MR) is 85.7 cm³/mol. The molecule has 5 nitrogen and oxygen atoms in total. The van der Waals surface area contributed by atoms with Crippen molar-refractivity contribution in [3.63, 3.8) is 0 Å². The highest BCUT2D eigenvalue weighted by Crippen LogP contribution is 2.19. The molecule has 3 rings (SSSR count). The summed E-state index contributed by atoms with van der Waals surface area (Å²) in [6, 6.07) is 10.6. The minimum atomic E-state index is 0.703. The van der Waals surface area contributed by atoms with E-state index in [-0.39, 0.29) is 0 Å². The molecule has 2 aromatic rings. The van der Waals surface area contributed by atoms with Crippen LogP contribution in [-0.4, -0.2) is 42.7 Å². The van der Waals surface area contributed by atoms with Gasteiger partial charge < -0.3 is 15.5 Å². The molecule has 0 aliphatic carbocycles. The number of aromatic nitrogens is 2. The van der Waals surface area contributed by atoms with E-state index in [1.807, 2.05) is 6.07 Å². The Hall–Kier alpha value is -2.14. The third kappa shape index (κ3) is 3.31. The van der Waals surface area contributed by atoms with Crippen LogP contribution in [0.3, 0.4) is 0 Å². The van der Waals surface area contributed by atoms with Crippen LogP contribution in [-0.2, 0) is 6.42 Å². The molecule has 5 heteroatoms. The quantitative estimate of drug-likeness (QED) is 0.916. The molecule has 2 N–H and O–H groups in total. The average molecular weight is 283 g/mol. The summed E-state index contributed by atoms with van der Waals surface area (Å²) in [6.45, 7) is 4.60. The zero-order valence-corrected chi connectivity index (χ0v) is 12.2. The molecule has 0 amide bonds. The molecule has 1 saturated heterocycles. The van der Waals surface area contributed by atoms with Gasteiger partial charge in [0.1, 0.15) is 0 Å². The maximum Gasteiger partial charge on any atom is 0.225 e. The van der Waals surface area contributed by atoms with Crippen LogP contribution < -0.4 is 15.5 Å². The molecule has 1 fully saturated rings. The highest BCUT2D eigenvalue weighted by atomic mass is 15.3. The lowest BCUT2D eigenvalue weighted by atomic mass is 10.1. The Morgan fingerprint density at radius 3 is 2.14 bits per heavy atom. The number of nitrogens with zero attached hydrogens (tertiary/aromatic N) is 4. The van der Waals surface area contributed by atoms with Crippen molar-refractivity contribution in [1.82, 2.24) is 9.97 Å². The first-order valence-electron chi connectivity index (χ1n) is 7.43. The second-order valence-electron chi connectivity index (χ2n) is 5.23. The predicted octanol–water partition coefficient (Wildman–Crippen LogP) is 1.30. The molecule has 21 heavy (non-hydrogen) atoms. The largest absolute Gasteiger partial charge is 0.368 e. The molecule has 0 bridgehead atoms. The van der Waals surface area contributed by atoms with Gasteiger partial charge in [-0.2, -0.15) is 0 Å². The summed E-state index contributed by atoms with van der Waals surface area (Å²) in [4.78, 5) is 13.3. The minimum absolute atomic E-state index is 0.703. The van der Waals surface area contributed by atoms with Crippen molar-refractivity contribution in [3.05, 3.63) is 48.3 Å². The fourth-order valence-electron chi connectivity index (χ4n) is 2.66. The number of anilines is 2. The van der Waals surface area contributed by atoms with Gasteiger partial charge in [-0.15, -0.1) is 0 Å². The van der Waals surface area contributed by atoms with E-state index < -0.39 is 0 Å². The summed E-state index contributed by atoms with van der Waals surface area (Å²) >= 11 is 0. The molecule has 0 radical (unpaired) electrons. The number of hydrogen-bond donors (Lipinski definition) is 1. The summed E-state index contributed by atoms with van der Waals surface area (Å²) in [6.07, 6.45) is 4.54. The molecular formula is C16H21N5. The van der Waals surface area contributed by atoms with E-state index in [1.165, 1.54) is 11.3 Å². The monoisotopic (exact) mass is 283 g/mol. The fourth-order valence-corrected chi connectivity index (χ4v) is 2.66. The molecule has 0 saturated carbocycles. The molecule has 2 heterocycles. The highest BCUT2D eigenvalue weighted by molar-refractivity contribution is 5.49. The van der Waals surface area contributed by atoms with Crippen molar-refractivity contribution in [2.24, 2.45) is 5.73 Å². The highest BCUT2D eigenvalue weighted by Gasteiger charge is 2.18. The lowest BCUT2D eigenvalue weighted by Gasteiger charge is -2.36. The molecule has 0 spiro atoms. The molecule has 1 aliphatic rings. The molecule has 0 unspecified atom stereocenters. The van der Waals surface area contributed by atoms with Crippen molar-refractivity contribution in [1.29, 1.82) is 0 Å². The summed E-state index contributed by atoms with van der Waals surface area (Å²) < 4.78 is 0. The third-order valence-corrected chi connectivity index (χ3v) is 3.85. The van der Waals surface area contributed by atoms with E-state index in [1.54, 1.807) is 12.4 Å². The first-order valence-corrected chi connectivity index (χ1v) is 7.43. The van der Waals surface area contributed by atoms with Crippen LogP contribution in [0.1, 0.15) is 5.56 Å². The Labute approximate surface area is 125 Å². The van der Waals surface area contributed by atoms with Gasteiger partial charge in [0.25, 0.3) is 0 Å². The summed E-state index contributed by atoms with van der Waals surface area (Å²) in [5.74, 6) is 0.829. The van der Waals surface area contributed by atoms with Crippen LogP contribution >= 0.6 is 0 Å². The smallest absolute Gasteiger partial charge is 0.225 e. The topological polar surface area (TPSA) is 58.3 Å². The van der Waals surface area contributed by atoms with Gasteiger partial charge >= 0.3 is 0 Å². The van der Waals surface area contributed by atoms with E-state index in [0.29, 0.717) is 6.54 Å². The molecule has 1 aromatic heterocycles. The van der Waals surface area contributed by atoms with Gasteiger partial charge in [-0.05, 0) is 36.7 Å². The standard InChI is InChI=1S/C16H21N5/c17-7-6-14-2-4-15(5-3-14)20-10-12-21(13-11-20)16-18-8-1-9-19-16/h1-5,8-9H,6-7,10-13,17H2. The zero-order chi connectivity index (χ0) is 14.5. The van der Waals surface area contributed by atoms with Crippen LogP contribution in [0.4, 0.5) is 11.6 Å². The summed E-state index contributed by atoms with van der Waals surface area (Å²) in [7, 11) is 0. The van der Waals surface area contributed by atoms with E-state index in [2.05, 4.69) is 44.0 Å². The maximum absolute atomic E-state index is 5.58. The maximum atomic E-state index is 5.58. The number of rotatable bonds is 4. The van der Waals surface area contributed by atoms with Crippen LogP contribution in [0.5, 0.6) is 0 Å². The normalized spacial score (nSPS) is 15.3. The van der Waals surface area contributed by atoms with Gasteiger partial charge in [0.2, 0.25) is 5.95 Å². The average Bonchev–Trinajstić information content (AvgIpc) is 2.57. The van der Waals surface area contributed by atoms with Crippen LogP contribution in [0.25, 0.3) is 0 Å². The van der Waals surface area contributed by atoms with Gasteiger partial charge in [-0.3, -0.25) is 0 Å². The van der Waals surface area contributed by atoms with Crippen LogP contribution in [0, 0.1) is 0 Å².